The second kappa shape index (κ2) is 7.25. The lowest BCUT2D eigenvalue weighted by atomic mass is 10.0. The van der Waals surface area contributed by atoms with E-state index >= 15 is 0 Å². The molecule has 0 radical (unpaired) electrons. The van der Waals surface area contributed by atoms with Crippen LogP contribution in [0.5, 0.6) is 0 Å². The fourth-order valence-corrected chi connectivity index (χ4v) is 3.98. The first-order valence-electron chi connectivity index (χ1n) is 8.65. The summed E-state index contributed by atoms with van der Waals surface area (Å²) in [5.41, 5.74) is 2.65. The van der Waals surface area contributed by atoms with E-state index < -0.39 is 10.2 Å². The van der Waals surface area contributed by atoms with Gasteiger partial charge in [0.1, 0.15) is 5.84 Å². The van der Waals surface area contributed by atoms with Gasteiger partial charge in [0.25, 0.3) is 0 Å². The lowest BCUT2D eigenvalue weighted by Crippen LogP contribution is -2.44. The van der Waals surface area contributed by atoms with Crippen molar-refractivity contribution in [2.24, 2.45) is 4.99 Å². The Kier molecular flexibility index (Phi) is 4.64. The van der Waals surface area contributed by atoms with Crippen molar-refractivity contribution in [2.75, 3.05) is 0 Å². The third-order valence-corrected chi connectivity index (χ3v) is 5.31. The van der Waals surface area contributed by atoms with Crippen molar-refractivity contribution in [1.29, 1.82) is 0 Å². The Morgan fingerprint density at radius 3 is 2.33 bits per heavy atom. The third kappa shape index (κ3) is 4.35. The number of hydrogen-bond acceptors (Lipinski definition) is 3. The van der Waals surface area contributed by atoms with E-state index in [1.54, 1.807) is 6.08 Å². The predicted molar refractivity (Wildman–Crippen MR) is 109 cm³/mol. The molecule has 0 atom stereocenters. The minimum atomic E-state index is -3.65. The molecule has 0 bridgehead atoms. The molecule has 0 aromatic heterocycles. The monoisotopic (exact) mass is 377 g/mol. The number of aliphatic imine (C=N–C) groups is 1. The van der Waals surface area contributed by atoms with Gasteiger partial charge < -0.3 is 0 Å². The molecule has 6 heteroatoms. The van der Waals surface area contributed by atoms with E-state index in [2.05, 4.69) is 26.6 Å². The zero-order valence-corrected chi connectivity index (χ0v) is 15.4. The van der Waals surface area contributed by atoms with Crippen LogP contribution in [0.25, 0.3) is 10.8 Å². The largest absolute Gasteiger partial charge is 0.322 e. The van der Waals surface area contributed by atoms with Gasteiger partial charge in [0.2, 0.25) is 0 Å². The Morgan fingerprint density at radius 1 is 0.778 bits per heavy atom. The standard InChI is InChI=1S/C21H19N3O2S/c25-27(26)23-20(13-17-10-11-18-8-4-5-9-19(18)12-17)14-21(24-27)22-15-16-6-2-1-3-7-16/h1-12,14,23H,13,15H2,(H,22,24). The van der Waals surface area contributed by atoms with Gasteiger partial charge in [0, 0.05) is 18.2 Å². The Morgan fingerprint density at radius 2 is 1.52 bits per heavy atom. The summed E-state index contributed by atoms with van der Waals surface area (Å²) in [5, 5.41) is 2.29. The molecule has 0 amide bonds. The van der Waals surface area contributed by atoms with Gasteiger partial charge in [-0.2, -0.15) is 8.42 Å². The van der Waals surface area contributed by atoms with Crippen molar-refractivity contribution in [3.63, 3.8) is 0 Å². The summed E-state index contributed by atoms with van der Waals surface area (Å²) in [4.78, 5) is 4.40. The summed E-state index contributed by atoms with van der Waals surface area (Å²) < 4.78 is 29.3. The molecule has 3 aromatic carbocycles. The van der Waals surface area contributed by atoms with Crippen LogP contribution in [0.1, 0.15) is 11.1 Å². The van der Waals surface area contributed by atoms with Crippen LogP contribution in [-0.4, -0.2) is 14.3 Å². The zero-order chi connectivity index (χ0) is 18.7. The smallest absolute Gasteiger partial charge is 0.270 e. The minimum absolute atomic E-state index is 0.341. The number of hydrogen-bond donors (Lipinski definition) is 2. The van der Waals surface area contributed by atoms with Crippen molar-refractivity contribution in [3.05, 3.63) is 95.7 Å². The van der Waals surface area contributed by atoms with Crippen molar-refractivity contribution in [3.8, 4) is 0 Å². The first-order chi connectivity index (χ1) is 13.1. The average Bonchev–Trinajstić information content (AvgIpc) is 2.66. The molecule has 2 N–H and O–H groups in total. The van der Waals surface area contributed by atoms with Crippen LogP contribution in [0, 0.1) is 0 Å². The quantitative estimate of drug-likeness (QED) is 0.732. The minimum Gasteiger partial charge on any atom is -0.270 e. The maximum atomic E-state index is 12.1. The van der Waals surface area contributed by atoms with E-state index in [0.717, 1.165) is 21.9 Å². The number of rotatable bonds is 4. The molecule has 0 spiro atoms. The van der Waals surface area contributed by atoms with Gasteiger partial charge in [-0.1, -0.05) is 72.8 Å². The number of benzene rings is 3. The van der Waals surface area contributed by atoms with Crippen molar-refractivity contribution in [1.82, 2.24) is 9.44 Å². The van der Waals surface area contributed by atoms with Gasteiger partial charge in [-0.25, -0.2) is 0 Å². The summed E-state index contributed by atoms with van der Waals surface area (Å²) in [6.45, 7) is 0.415. The van der Waals surface area contributed by atoms with Gasteiger partial charge in [-0.05, 0) is 21.9 Å². The summed E-state index contributed by atoms with van der Waals surface area (Å²) in [7, 11) is -3.65. The topological polar surface area (TPSA) is 70.6 Å². The number of fused-ring (bicyclic) bond motifs is 1. The average molecular weight is 377 g/mol. The van der Waals surface area contributed by atoms with Crippen LogP contribution in [0.3, 0.4) is 0 Å². The molecule has 5 nitrogen and oxygen atoms in total. The highest BCUT2D eigenvalue weighted by Gasteiger charge is 2.19. The van der Waals surface area contributed by atoms with Crippen molar-refractivity contribution in [2.45, 2.75) is 13.0 Å². The molecular weight excluding hydrogens is 358 g/mol. The summed E-state index contributed by atoms with van der Waals surface area (Å²) in [5.74, 6) is 0.341. The SMILES string of the molecule is O=S1(=O)NC(Cc2ccc3ccccc3c2)=CC(=NCc2ccccc2)N1. The Hall–Kier alpha value is -3.12. The number of nitrogens with one attached hydrogen (secondary N) is 2. The lowest BCUT2D eigenvalue weighted by Gasteiger charge is -2.19. The van der Waals surface area contributed by atoms with E-state index in [1.165, 1.54) is 0 Å². The molecule has 136 valence electrons. The van der Waals surface area contributed by atoms with Crippen LogP contribution in [0.2, 0.25) is 0 Å². The van der Waals surface area contributed by atoms with Crippen LogP contribution in [0.15, 0.2) is 89.6 Å². The van der Waals surface area contributed by atoms with Crippen molar-refractivity contribution >= 4 is 26.8 Å². The maximum Gasteiger partial charge on any atom is 0.322 e. The molecule has 0 aliphatic carbocycles. The molecule has 27 heavy (non-hydrogen) atoms. The maximum absolute atomic E-state index is 12.1. The van der Waals surface area contributed by atoms with Crippen LogP contribution in [-0.2, 0) is 23.2 Å². The first-order valence-corrected chi connectivity index (χ1v) is 10.1. The normalized spacial score (nSPS) is 17.2. The third-order valence-electron chi connectivity index (χ3n) is 4.30. The van der Waals surface area contributed by atoms with E-state index in [1.807, 2.05) is 60.7 Å². The van der Waals surface area contributed by atoms with Gasteiger partial charge in [-0.3, -0.25) is 14.4 Å². The van der Waals surface area contributed by atoms with Gasteiger partial charge >= 0.3 is 10.2 Å². The van der Waals surface area contributed by atoms with E-state index in [-0.39, 0.29) is 0 Å². The summed E-state index contributed by atoms with van der Waals surface area (Å²) >= 11 is 0. The Labute approximate surface area is 158 Å². The summed E-state index contributed by atoms with van der Waals surface area (Å²) in [6, 6.07) is 24.0. The predicted octanol–water partition coefficient (Wildman–Crippen LogP) is 3.30. The molecule has 0 fully saturated rings. The van der Waals surface area contributed by atoms with Crippen LogP contribution < -0.4 is 9.44 Å². The zero-order valence-electron chi connectivity index (χ0n) is 14.6. The fourth-order valence-electron chi connectivity index (χ4n) is 3.05. The fraction of sp³-hybridized carbons (Fsp3) is 0.0952. The molecule has 0 saturated carbocycles. The molecule has 1 heterocycles. The Bertz CT molecular complexity index is 1140. The van der Waals surface area contributed by atoms with E-state index in [4.69, 9.17) is 0 Å². The lowest BCUT2D eigenvalue weighted by molar-refractivity contribution is 0.582. The summed E-state index contributed by atoms with van der Waals surface area (Å²) in [6.07, 6.45) is 2.23. The van der Waals surface area contributed by atoms with Crippen LogP contribution >= 0.6 is 0 Å². The number of nitrogens with zero attached hydrogens (tertiary/aromatic N) is 1. The second-order valence-corrected chi connectivity index (χ2v) is 7.84. The highest BCUT2D eigenvalue weighted by molar-refractivity contribution is 7.88. The van der Waals surface area contributed by atoms with E-state index in [9.17, 15) is 8.42 Å². The van der Waals surface area contributed by atoms with Gasteiger partial charge in [0.05, 0.1) is 6.54 Å². The molecular formula is C21H19N3O2S. The molecule has 0 unspecified atom stereocenters. The molecule has 4 rings (SSSR count). The Balaban J connectivity index is 1.58. The van der Waals surface area contributed by atoms with E-state index in [0.29, 0.717) is 24.5 Å². The first kappa shape index (κ1) is 17.3. The molecule has 1 aliphatic heterocycles. The van der Waals surface area contributed by atoms with Gasteiger partial charge in [0.15, 0.2) is 0 Å². The molecule has 0 saturated heterocycles. The number of allylic oxidation sites excluding steroid dienone is 1. The molecule has 1 aliphatic rings. The second-order valence-electron chi connectivity index (χ2n) is 6.42. The molecule has 3 aromatic rings. The highest BCUT2D eigenvalue weighted by atomic mass is 32.2. The van der Waals surface area contributed by atoms with Crippen LogP contribution in [0.4, 0.5) is 0 Å². The van der Waals surface area contributed by atoms with Gasteiger partial charge in [-0.15, -0.1) is 0 Å². The highest BCUT2D eigenvalue weighted by Crippen LogP contribution is 2.18. The van der Waals surface area contributed by atoms with Crippen molar-refractivity contribution < 1.29 is 8.42 Å². The number of amidine groups is 1.